The zero-order chi connectivity index (χ0) is 19.9. The van der Waals surface area contributed by atoms with Crippen molar-refractivity contribution in [1.29, 1.82) is 0 Å². The molecule has 0 radical (unpaired) electrons. The lowest BCUT2D eigenvalue weighted by atomic mass is 10.1. The van der Waals surface area contributed by atoms with Crippen molar-refractivity contribution in [3.05, 3.63) is 53.6 Å². The number of aromatic nitrogens is 2. The van der Waals surface area contributed by atoms with Gasteiger partial charge < -0.3 is 14.8 Å². The number of anilines is 1. The molecule has 8 heteroatoms. The van der Waals surface area contributed by atoms with Crippen LogP contribution in [-0.4, -0.2) is 30.5 Å². The highest BCUT2D eigenvalue weighted by Crippen LogP contribution is 2.42. The van der Waals surface area contributed by atoms with Gasteiger partial charge >= 0.3 is 6.18 Å². The molecule has 0 aliphatic carbocycles. The third kappa shape index (κ3) is 2.94. The predicted molar refractivity (Wildman–Crippen MR) is 99.3 cm³/mol. The highest BCUT2D eigenvalue weighted by molar-refractivity contribution is 5.78. The molecule has 1 aliphatic heterocycles. The zero-order valence-electron chi connectivity index (χ0n) is 15.3. The molecule has 2 aromatic carbocycles. The first kappa shape index (κ1) is 18.2. The van der Waals surface area contributed by atoms with Crippen LogP contribution in [0.2, 0.25) is 0 Å². The van der Waals surface area contributed by atoms with Crippen molar-refractivity contribution in [2.24, 2.45) is 0 Å². The lowest BCUT2D eigenvalue weighted by molar-refractivity contribution is -0.137. The Balaban J connectivity index is 1.89. The fourth-order valence-electron chi connectivity index (χ4n) is 3.47. The summed E-state index contributed by atoms with van der Waals surface area (Å²) in [6.07, 6.45) is -3.71. The van der Waals surface area contributed by atoms with Gasteiger partial charge in [-0.2, -0.15) is 18.3 Å². The molecule has 2 heterocycles. The maximum atomic E-state index is 13.1. The van der Waals surface area contributed by atoms with E-state index in [-0.39, 0.29) is 0 Å². The summed E-state index contributed by atoms with van der Waals surface area (Å²) in [5.41, 5.74) is 1.95. The SMILES string of the molecule is COc1cccc(-c2nn(-c3cccc(C(F)(F)F)c3)c3c2CCN3)c1OC. The summed E-state index contributed by atoms with van der Waals surface area (Å²) < 4.78 is 51.8. The largest absolute Gasteiger partial charge is 0.493 e. The molecular formula is C20H18F3N3O2. The molecule has 0 atom stereocenters. The first-order valence-corrected chi connectivity index (χ1v) is 8.69. The van der Waals surface area contributed by atoms with E-state index >= 15 is 0 Å². The maximum Gasteiger partial charge on any atom is 0.416 e. The van der Waals surface area contributed by atoms with Crippen LogP contribution >= 0.6 is 0 Å². The molecule has 146 valence electrons. The average molecular weight is 389 g/mol. The summed E-state index contributed by atoms with van der Waals surface area (Å²) in [6.45, 7) is 0.686. The Morgan fingerprint density at radius 2 is 1.86 bits per heavy atom. The van der Waals surface area contributed by atoms with Crippen molar-refractivity contribution >= 4 is 5.82 Å². The van der Waals surface area contributed by atoms with Gasteiger partial charge in [-0.15, -0.1) is 0 Å². The molecule has 0 saturated heterocycles. The van der Waals surface area contributed by atoms with Crippen molar-refractivity contribution in [2.75, 3.05) is 26.1 Å². The molecule has 0 fully saturated rings. The topological polar surface area (TPSA) is 48.3 Å². The molecule has 28 heavy (non-hydrogen) atoms. The summed E-state index contributed by atoms with van der Waals surface area (Å²) in [4.78, 5) is 0. The summed E-state index contributed by atoms with van der Waals surface area (Å²) in [7, 11) is 3.10. The van der Waals surface area contributed by atoms with E-state index in [1.54, 1.807) is 26.4 Å². The van der Waals surface area contributed by atoms with Crippen molar-refractivity contribution in [1.82, 2.24) is 9.78 Å². The third-order valence-electron chi connectivity index (χ3n) is 4.73. The summed E-state index contributed by atoms with van der Waals surface area (Å²) >= 11 is 0. The molecule has 3 aromatic rings. The Morgan fingerprint density at radius 3 is 2.57 bits per heavy atom. The number of ether oxygens (including phenoxy) is 2. The van der Waals surface area contributed by atoms with E-state index in [9.17, 15) is 13.2 Å². The number of rotatable bonds is 4. The van der Waals surface area contributed by atoms with Gasteiger partial charge in [0.15, 0.2) is 11.5 Å². The first-order valence-electron chi connectivity index (χ1n) is 8.69. The molecule has 0 spiro atoms. The van der Waals surface area contributed by atoms with E-state index in [1.165, 1.54) is 10.7 Å². The smallest absolute Gasteiger partial charge is 0.416 e. The fourth-order valence-corrected chi connectivity index (χ4v) is 3.47. The van der Waals surface area contributed by atoms with Gasteiger partial charge in [0.25, 0.3) is 0 Å². The van der Waals surface area contributed by atoms with Crippen LogP contribution in [0.5, 0.6) is 11.5 Å². The van der Waals surface area contributed by atoms with Crippen molar-refractivity contribution < 1.29 is 22.6 Å². The van der Waals surface area contributed by atoms with Gasteiger partial charge in [-0.3, -0.25) is 0 Å². The Morgan fingerprint density at radius 1 is 1.07 bits per heavy atom. The van der Waals surface area contributed by atoms with Gasteiger partial charge in [-0.05, 0) is 36.8 Å². The van der Waals surface area contributed by atoms with Crippen LogP contribution in [0.3, 0.4) is 0 Å². The lowest BCUT2D eigenvalue weighted by Gasteiger charge is -2.12. The minimum atomic E-state index is -4.42. The molecule has 0 bridgehead atoms. The Hall–Kier alpha value is -3.16. The van der Waals surface area contributed by atoms with Crippen LogP contribution < -0.4 is 14.8 Å². The molecule has 0 amide bonds. The van der Waals surface area contributed by atoms with Crippen LogP contribution in [0.25, 0.3) is 16.9 Å². The van der Waals surface area contributed by atoms with Crippen molar-refractivity contribution in [2.45, 2.75) is 12.6 Å². The summed E-state index contributed by atoms with van der Waals surface area (Å²) in [6, 6.07) is 10.6. The number of fused-ring (bicyclic) bond motifs is 1. The van der Waals surface area contributed by atoms with E-state index in [4.69, 9.17) is 9.47 Å². The average Bonchev–Trinajstić information content (AvgIpc) is 3.29. The minimum Gasteiger partial charge on any atom is -0.493 e. The van der Waals surface area contributed by atoms with Gasteiger partial charge in [-0.25, -0.2) is 4.68 Å². The second kappa shape index (κ2) is 6.78. The molecule has 1 aliphatic rings. The zero-order valence-corrected chi connectivity index (χ0v) is 15.3. The maximum absolute atomic E-state index is 13.1. The molecule has 4 rings (SSSR count). The van der Waals surface area contributed by atoms with E-state index < -0.39 is 11.7 Å². The molecule has 0 unspecified atom stereocenters. The number of alkyl halides is 3. The molecule has 1 N–H and O–H groups in total. The second-order valence-corrected chi connectivity index (χ2v) is 6.35. The molecular weight excluding hydrogens is 371 g/mol. The fraction of sp³-hybridized carbons (Fsp3) is 0.250. The van der Waals surface area contributed by atoms with Crippen LogP contribution in [0.1, 0.15) is 11.1 Å². The summed E-state index contributed by atoms with van der Waals surface area (Å²) in [5.74, 6) is 1.79. The third-order valence-corrected chi connectivity index (χ3v) is 4.73. The van der Waals surface area contributed by atoms with Crippen molar-refractivity contribution in [3.63, 3.8) is 0 Å². The number of benzene rings is 2. The van der Waals surface area contributed by atoms with Crippen LogP contribution in [0, 0.1) is 0 Å². The Labute approximate surface area is 159 Å². The Kier molecular flexibility index (Phi) is 4.41. The Bertz CT molecular complexity index is 1030. The number of methoxy groups -OCH3 is 2. The van der Waals surface area contributed by atoms with Gasteiger partial charge in [0, 0.05) is 17.7 Å². The van der Waals surface area contributed by atoms with Crippen LogP contribution in [0.15, 0.2) is 42.5 Å². The standard InChI is InChI=1S/C20H18F3N3O2/c1-27-16-8-4-7-14(18(16)28-2)17-15-9-10-24-19(15)26(25-17)13-6-3-5-12(11-13)20(21,22)23/h3-8,11,24H,9-10H2,1-2H3. The second-order valence-electron chi connectivity index (χ2n) is 6.35. The number of hydrogen-bond acceptors (Lipinski definition) is 4. The number of hydrogen-bond donors (Lipinski definition) is 1. The molecule has 0 saturated carbocycles. The van der Waals surface area contributed by atoms with E-state index in [0.717, 1.165) is 23.3 Å². The van der Waals surface area contributed by atoms with Crippen molar-refractivity contribution in [3.8, 4) is 28.4 Å². The van der Waals surface area contributed by atoms with E-state index in [1.807, 2.05) is 12.1 Å². The number of nitrogens with one attached hydrogen (secondary N) is 1. The lowest BCUT2D eigenvalue weighted by Crippen LogP contribution is -2.08. The highest BCUT2D eigenvalue weighted by atomic mass is 19.4. The van der Waals surface area contributed by atoms with Crippen LogP contribution in [0.4, 0.5) is 19.0 Å². The normalized spacial score (nSPS) is 13.2. The van der Waals surface area contributed by atoms with E-state index in [0.29, 0.717) is 41.7 Å². The predicted octanol–water partition coefficient (Wildman–Crippen LogP) is 4.54. The van der Waals surface area contributed by atoms with Gasteiger partial charge in [0.05, 0.1) is 25.5 Å². The van der Waals surface area contributed by atoms with Gasteiger partial charge in [0.2, 0.25) is 0 Å². The van der Waals surface area contributed by atoms with Gasteiger partial charge in [-0.1, -0.05) is 12.1 Å². The highest BCUT2D eigenvalue weighted by Gasteiger charge is 2.32. The number of nitrogens with zero attached hydrogens (tertiary/aromatic N) is 2. The molecule has 1 aromatic heterocycles. The minimum absolute atomic E-state index is 0.341. The van der Waals surface area contributed by atoms with Crippen LogP contribution in [-0.2, 0) is 12.6 Å². The number of para-hydroxylation sites is 1. The summed E-state index contributed by atoms with van der Waals surface area (Å²) in [5, 5.41) is 7.86. The number of halogens is 3. The quantitative estimate of drug-likeness (QED) is 0.712. The van der Waals surface area contributed by atoms with E-state index in [2.05, 4.69) is 10.4 Å². The van der Waals surface area contributed by atoms with Gasteiger partial charge in [0.1, 0.15) is 11.5 Å². The first-order chi connectivity index (χ1) is 13.4. The monoisotopic (exact) mass is 389 g/mol. The molecule has 5 nitrogen and oxygen atoms in total.